The average Bonchev–Trinajstić information content (AvgIpc) is 3.37. The number of rotatable bonds is 13. The Morgan fingerprint density at radius 3 is 2.76 bits per heavy atom. The number of thioether (sulfide) groups is 3. The number of thiazole rings is 1. The summed E-state index contributed by atoms with van der Waals surface area (Å²) >= 11 is 5.02. The second-order valence-electron chi connectivity index (χ2n) is 8.58. The number of nitrogens with one attached hydrogen (secondary N) is 1. The normalized spacial score (nSPS) is 19.5. The summed E-state index contributed by atoms with van der Waals surface area (Å²) in [5, 5.41) is 25.7. The second kappa shape index (κ2) is 13.5. The lowest BCUT2D eigenvalue weighted by Gasteiger charge is -2.49. The Morgan fingerprint density at radius 2 is 2.12 bits per heavy atom. The number of carbonyl (C=O) groups excluding carboxylic acids is 2. The number of nitroso groups, excluding NO2 is 1. The third-order valence-corrected chi connectivity index (χ3v) is 10.3. The number of carbonyl (C=O) groups is 3. The molecule has 2 amide bonds. The molecule has 0 radical (unpaired) electrons. The largest absolute Gasteiger partial charge is 0.477 e. The first-order valence-electron chi connectivity index (χ1n) is 11.8. The number of aliphatic hydroxyl groups is 1. The van der Waals surface area contributed by atoms with Crippen molar-refractivity contribution in [2.24, 2.45) is 21.6 Å². The fourth-order valence-corrected chi connectivity index (χ4v) is 8.22. The highest BCUT2D eigenvalue weighted by Gasteiger charge is 2.54. The maximum absolute atomic E-state index is 13.1. The Labute approximate surface area is 249 Å². The molecule has 4 rings (SSSR count). The topological polar surface area (TPSA) is 253 Å². The number of nitrogens with zero attached hydrogens (tertiary/aromatic N) is 5. The van der Waals surface area contributed by atoms with Gasteiger partial charge in [-0.05, 0) is 16.8 Å². The van der Waals surface area contributed by atoms with E-state index in [4.69, 9.17) is 17.2 Å². The minimum absolute atomic E-state index is 0.0687. The van der Waals surface area contributed by atoms with E-state index in [-0.39, 0.29) is 34.8 Å². The minimum Gasteiger partial charge on any atom is -0.477 e. The van der Waals surface area contributed by atoms with Crippen molar-refractivity contribution in [3.63, 3.8) is 0 Å². The summed E-state index contributed by atoms with van der Waals surface area (Å²) in [7, 11) is 0. The van der Waals surface area contributed by atoms with Crippen molar-refractivity contribution in [3.8, 4) is 0 Å². The number of aliphatic carboxylic acids is 1. The van der Waals surface area contributed by atoms with Gasteiger partial charge in [0.25, 0.3) is 11.8 Å². The van der Waals surface area contributed by atoms with E-state index < -0.39 is 41.3 Å². The van der Waals surface area contributed by atoms with Crippen LogP contribution in [-0.4, -0.2) is 84.4 Å². The number of nitrogen functional groups attached to an aromatic ring is 1. The predicted octanol–water partition coefficient (Wildman–Crippen LogP) is 0.284. The molecular formula is C22H25N9O6S4. The van der Waals surface area contributed by atoms with Crippen molar-refractivity contribution in [2.75, 3.05) is 23.8 Å². The Bertz CT molecular complexity index is 1400. The van der Waals surface area contributed by atoms with Crippen LogP contribution in [0.15, 0.2) is 49.5 Å². The molecule has 4 atom stereocenters. The number of hydrogen-bond acceptors (Lipinski definition) is 14. The van der Waals surface area contributed by atoms with Gasteiger partial charge in [0.2, 0.25) is 6.04 Å². The molecule has 0 saturated carbocycles. The van der Waals surface area contributed by atoms with Gasteiger partial charge in [0.05, 0.1) is 18.3 Å². The van der Waals surface area contributed by atoms with E-state index in [9.17, 15) is 29.5 Å². The number of carboxylic acids is 1. The molecule has 0 aromatic carbocycles. The van der Waals surface area contributed by atoms with Crippen molar-refractivity contribution in [3.05, 3.63) is 50.6 Å². The molecule has 0 aliphatic carbocycles. The van der Waals surface area contributed by atoms with Crippen LogP contribution < -0.4 is 22.5 Å². The summed E-state index contributed by atoms with van der Waals surface area (Å²) < 4.78 is 0. The summed E-state index contributed by atoms with van der Waals surface area (Å²) in [6.07, 6.45) is 3.25. The highest BCUT2D eigenvalue weighted by atomic mass is 32.2. The van der Waals surface area contributed by atoms with Gasteiger partial charge in [0.15, 0.2) is 11.1 Å². The van der Waals surface area contributed by atoms with Crippen molar-refractivity contribution < 1.29 is 24.6 Å². The number of fused-ring (bicyclic) bond motifs is 1. The third kappa shape index (κ3) is 6.92. The van der Waals surface area contributed by atoms with Crippen LogP contribution >= 0.6 is 46.6 Å². The van der Waals surface area contributed by atoms with E-state index in [1.54, 1.807) is 18.5 Å². The van der Waals surface area contributed by atoms with Crippen LogP contribution in [0.4, 0.5) is 5.13 Å². The van der Waals surface area contributed by atoms with Crippen LogP contribution in [0.25, 0.3) is 0 Å². The second-order valence-corrected chi connectivity index (χ2v) is 12.7. The molecule has 0 spiro atoms. The van der Waals surface area contributed by atoms with Crippen LogP contribution in [0.5, 0.6) is 0 Å². The molecule has 218 valence electrons. The predicted molar refractivity (Wildman–Crippen MR) is 158 cm³/mol. The van der Waals surface area contributed by atoms with Gasteiger partial charge in [-0.15, -0.1) is 28.0 Å². The van der Waals surface area contributed by atoms with Crippen molar-refractivity contribution >= 4 is 75.5 Å². The van der Waals surface area contributed by atoms with E-state index in [2.05, 4.69) is 25.5 Å². The van der Waals surface area contributed by atoms with Gasteiger partial charge in [0.1, 0.15) is 17.1 Å². The maximum atomic E-state index is 13.1. The number of guanidine groups is 1. The number of carboxylic acid groups (broad SMARTS) is 1. The number of amides is 2. The number of hydrogen-bond donors (Lipinski definition) is 6. The molecule has 9 N–H and O–H groups in total. The van der Waals surface area contributed by atoms with Gasteiger partial charge in [0, 0.05) is 44.8 Å². The zero-order valence-electron chi connectivity index (χ0n) is 21.1. The Balaban J connectivity index is 1.47. The van der Waals surface area contributed by atoms with Crippen molar-refractivity contribution in [2.45, 2.75) is 34.1 Å². The van der Waals surface area contributed by atoms with E-state index in [1.165, 1.54) is 40.7 Å². The first-order valence-corrected chi connectivity index (χ1v) is 15.7. The quantitative estimate of drug-likeness (QED) is 0.0745. The summed E-state index contributed by atoms with van der Waals surface area (Å²) in [5.41, 5.74) is 17.1. The highest BCUT2D eigenvalue weighted by molar-refractivity contribution is 8.06. The van der Waals surface area contributed by atoms with E-state index in [0.717, 1.165) is 26.7 Å². The lowest BCUT2D eigenvalue weighted by molar-refractivity contribution is -0.150. The molecule has 1 saturated heterocycles. The molecular weight excluding hydrogens is 615 g/mol. The number of β-lactam (4-membered cyclic amide) rings is 1. The van der Waals surface area contributed by atoms with E-state index in [0.29, 0.717) is 16.4 Å². The molecule has 2 aliphatic heterocycles. The molecule has 4 heterocycles. The van der Waals surface area contributed by atoms with E-state index in [1.807, 2.05) is 0 Å². The minimum atomic E-state index is -1.49. The third-order valence-electron chi connectivity index (χ3n) is 5.81. The molecule has 2 aromatic rings. The van der Waals surface area contributed by atoms with E-state index >= 15 is 0 Å². The monoisotopic (exact) mass is 639 g/mol. The summed E-state index contributed by atoms with van der Waals surface area (Å²) in [6.45, 7) is -0.218. The van der Waals surface area contributed by atoms with Gasteiger partial charge in [-0.2, -0.15) is 11.8 Å². The lowest BCUT2D eigenvalue weighted by Crippen LogP contribution is -2.70. The highest BCUT2D eigenvalue weighted by Crippen LogP contribution is 2.46. The van der Waals surface area contributed by atoms with Crippen molar-refractivity contribution in [1.29, 1.82) is 0 Å². The van der Waals surface area contributed by atoms with Gasteiger partial charge in [-0.25, -0.2) is 14.8 Å². The lowest BCUT2D eigenvalue weighted by atomic mass is 10.0. The maximum Gasteiger partial charge on any atom is 0.353 e. The summed E-state index contributed by atoms with van der Waals surface area (Å²) in [6, 6.07) is -1.24. The number of aliphatic imine (C=N–C) groups is 1. The first-order chi connectivity index (χ1) is 19.6. The zero-order valence-corrected chi connectivity index (χ0v) is 24.3. The van der Waals surface area contributed by atoms with Crippen LogP contribution in [-0.2, 0) is 20.1 Å². The molecule has 41 heavy (non-hydrogen) atoms. The fourth-order valence-electron chi connectivity index (χ4n) is 3.97. The standard InChI is InChI=1S/C22H25N9O6S4/c23-21(24)27-10(4-32)6-38-5-9-3-26-2-1-12(9)41-13-8-39-19-15(18(34)31(19)16(13)20(35)36)29-17(33)14(30-37)11-7-40-22(25)28-11/h1-3,7,10,14-15,19,32H,4-6,8H2,(H2,25,28)(H,29,33)(H,35,36)(H4,23,24,27)/t10?,14?,15-,19+/m1/s1. The molecule has 0 bridgehead atoms. The van der Waals surface area contributed by atoms with Crippen LogP contribution in [0.2, 0.25) is 0 Å². The molecule has 2 aliphatic rings. The van der Waals surface area contributed by atoms with Crippen molar-refractivity contribution in [1.82, 2.24) is 20.2 Å². The average molecular weight is 640 g/mol. The Kier molecular flexibility index (Phi) is 10.1. The number of aliphatic hydroxyl groups excluding tert-OH is 1. The molecule has 1 fully saturated rings. The summed E-state index contributed by atoms with van der Waals surface area (Å²) in [4.78, 5) is 63.8. The zero-order chi connectivity index (χ0) is 29.7. The number of aromatic nitrogens is 2. The van der Waals surface area contributed by atoms with Gasteiger partial charge in [-0.1, -0.05) is 11.8 Å². The van der Waals surface area contributed by atoms with Gasteiger partial charge >= 0.3 is 5.97 Å². The van der Waals surface area contributed by atoms with Crippen LogP contribution in [0, 0.1) is 4.91 Å². The molecule has 19 heteroatoms. The SMILES string of the molecule is NC(N)=NC(CO)CSCc1cnccc1SC1=C(C(=O)O)N2C(=O)[C@@H](NC(=O)C(N=O)c3csc(N)n3)[C@@H]2SC1. The summed E-state index contributed by atoms with van der Waals surface area (Å²) in [5.74, 6) is -1.65. The van der Waals surface area contributed by atoms with Gasteiger partial charge in [-0.3, -0.25) is 19.5 Å². The van der Waals surface area contributed by atoms with Gasteiger partial charge < -0.3 is 32.7 Å². The smallest absolute Gasteiger partial charge is 0.353 e. The number of anilines is 1. The number of pyridine rings is 1. The first kappa shape index (κ1) is 30.6. The fraction of sp³-hybridized carbons (Fsp3) is 0.364. The Hall–Kier alpha value is -3.39. The molecule has 2 unspecified atom stereocenters. The Morgan fingerprint density at radius 1 is 1.34 bits per heavy atom. The van der Waals surface area contributed by atoms with Crippen LogP contribution in [0.3, 0.4) is 0 Å². The molecule has 2 aromatic heterocycles. The molecule has 15 nitrogen and oxygen atoms in total. The number of nitrogens with two attached hydrogens (primary N) is 3. The van der Waals surface area contributed by atoms with Crippen LogP contribution in [0.1, 0.15) is 17.3 Å².